The highest BCUT2D eigenvalue weighted by Gasteiger charge is 2.09. The first kappa shape index (κ1) is 12.1. The summed E-state index contributed by atoms with van der Waals surface area (Å²) in [5.41, 5.74) is 2.71. The van der Waals surface area contributed by atoms with Crippen molar-refractivity contribution in [1.82, 2.24) is 5.48 Å². The molecule has 13 heavy (non-hydrogen) atoms. The van der Waals surface area contributed by atoms with Crippen LogP contribution in [-0.4, -0.2) is 25.7 Å². The van der Waals surface area contributed by atoms with Crippen LogP contribution in [0.15, 0.2) is 10.4 Å². The third-order valence-corrected chi connectivity index (χ3v) is 1.30. The van der Waals surface area contributed by atoms with E-state index >= 15 is 0 Å². The van der Waals surface area contributed by atoms with E-state index in [4.69, 9.17) is 4.84 Å². The highest BCUT2D eigenvalue weighted by atomic mass is 16.6. The molecule has 6 nitrogen and oxygen atoms in total. The number of rotatable bonds is 8. The van der Waals surface area contributed by atoms with Crippen LogP contribution in [0.3, 0.4) is 0 Å². The first-order chi connectivity index (χ1) is 6.20. The molecule has 0 aromatic carbocycles. The largest absolute Gasteiger partial charge is 0.301 e. The van der Waals surface area contributed by atoms with Gasteiger partial charge in [-0.05, 0) is 13.8 Å². The molecule has 0 aliphatic rings. The van der Waals surface area contributed by atoms with Crippen molar-refractivity contribution in [3.63, 3.8) is 0 Å². The Labute approximate surface area is 76.9 Å². The highest BCUT2D eigenvalue weighted by molar-refractivity contribution is 4.63. The molecule has 76 valence electrons. The summed E-state index contributed by atoms with van der Waals surface area (Å²) in [6.07, 6.45) is 0. The minimum absolute atomic E-state index is 0.0610. The molecule has 1 N–H and O–H groups in total. The van der Waals surface area contributed by atoms with Crippen LogP contribution >= 0.6 is 0 Å². The summed E-state index contributed by atoms with van der Waals surface area (Å²) in [6, 6.07) is 0.203. The van der Waals surface area contributed by atoms with E-state index in [-0.39, 0.29) is 31.7 Å². The van der Waals surface area contributed by atoms with Crippen LogP contribution in [0, 0.1) is 15.7 Å². The Kier molecular flexibility index (Phi) is 7.23. The number of hydroxylamine groups is 1. The molecular formula is C7H15N3O3. The van der Waals surface area contributed by atoms with Crippen LogP contribution in [0.2, 0.25) is 0 Å². The molecule has 0 aliphatic heterocycles. The maximum absolute atomic E-state index is 9.92. The first-order valence-corrected chi connectivity index (χ1v) is 4.16. The van der Waals surface area contributed by atoms with Gasteiger partial charge in [0.2, 0.25) is 0 Å². The summed E-state index contributed by atoms with van der Waals surface area (Å²) in [4.78, 5) is 24.8. The molecule has 0 aromatic rings. The molecule has 0 amide bonds. The van der Waals surface area contributed by atoms with Crippen molar-refractivity contribution in [2.75, 3.05) is 19.7 Å². The van der Waals surface area contributed by atoms with Gasteiger partial charge in [-0.3, -0.25) is 0 Å². The lowest BCUT2D eigenvalue weighted by Gasteiger charge is -2.12. The summed E-state index contributed by atoms with van der Waals surface area (Å²) in [7, 11) is 0. The van der Waals surface area contributed by atoms with Gasteiger partial charge in [-0.1, -0.05) is 10.4 Å². The number of nitroso groups, excluding NO2 is 2. The van der Waals surface area contributed by atoms with Crippen LogP contribution in [-0.2, 0) is 4.84 Å². The van der Waals surface area contributed by atoms with Crippen LogP contribution in [0.1, 0.15) is 13.8 Å². The first-order valence-electron chi connectivity index (χ1n) is 4.16. The molecule has 0 aliphatic carbocycles. The summed E-state index contributed by atoms with van der Waals surface area (Å²) < 4.78 is 0. The fourth-order valence-electron chi connectivity index (χ4n) is 0.707. The Morgan fingerprint density at radius 1 is 1.23 bits per heavy atom. The maximum Gasteiger partial charge on any atom is 0.0881 e. The van der Waals surface area contributed by atoms with Crippen LogP contribution in [0.25, 0.3) is 0 Å². The zero-order valence-electron chi connectivity index (χ0n) is 7.90. The average molecular weight is 189 g/mol. The number of hydrogen-bond donors (Lipinski definition) is 1. The quantitative estimate of drug-likeness (QED) is 0.457. The summed E-state index contributed by atoms with van der Waals surface area (Å²) in [5.74, 6) is -0.221. The lowest BCUT2D eigenvalue weighted by atomic mass is 10.2. The minimum atomic E-state index is -0.221. The van der Waals surface area contributed by atoms with Gasteiger partial charge in [0, 0.05) is 12.0 Å². The van der Waals surface area contributed by atoms with Crippen LogP contribution in [0.5, 0.6) is 0 Å². The van der Waals surface area contributed by atoms with Gasteiger partial charge in [-0.2, -0.15) is 9.81 Å². The normalized spacial score (nSPS) is 10.8. The second-order valence-electron chi connectivity index (χ2n) is 3.07. The molecule has 0 heterocycles. The van der Waals surface area contributed by atoms with E-state index in [1.165, 1.54) is 0 Å². The minimum Gasteiger partial charge on any atom is -0.301 e. The molecule has 0 aromatic heterocycles. The van der Waals surface area contributed by atoms with Gasteiger partial charge in [0.1, 0.15) is 0 Å². The third-order valence-electron chi connectivity index (χ3n) is 1.30. The van der Waals surface area contributed by atoms with Crippen molar-refractivity contribution in [2.24, 2.45) is 16.3 Å². The summed E-state index contributed by atoms with van der Waals surface area (Å²) in [5, 5.41) is 5.39. The monoisotopic (exact) mass is 189 g/mol. The van der Waals surface area contributed by atoms with E-state index in [1.807, 2.05) is 13.8 Å². The highest BCUT2D eigenvalue weighted by Crippen LogP contribution is 1.98. The molecule has 0 saturated heterocycles. The molecule has 0 rings (SSSR count). The van der Waals surface area contributed by atoms with Crippen molar-refractivity contribution >= 4 is 0 Å². The molecule has 0 saturated carbocycles. The SMILES string of the molecule is CC(C)NOCC(CN=O)CN=O. The fraction of sp³-hybridized carbons (Fsp3) is 1.00. The van der Waals surface area contributed by atoms with E-state index in [1.54, 1.807) is 0 Å². The zero-order valence-corrected chi connectivity index (χ0v) is 7.90. The molecule has 0 fully saturated rings. The van der Waals surface area contributed by atoms with Gasteiger partial charge >= 0.3 is 0 Å². The summed E-state index contributed by atoms with van der Waals surface area (Å²) in [6.45, 7) is 4.24. The molecule has 0 bridgehead atoms. The van der Waals surface area contributed by atoms with E-state index in [2.05, 4.69) is 15.8 Å². The number of nitrogens with zero attached hydrogens (tertiary/aromatic N) is 2. The number of nitrogens with one attached hydrogen (secondary N) is 1. The van der Waals surface area contributed by atoms with E-state index in [0.29, 0.717) is 0 Å². The topological polar surface area (TPSA) is 80.1 Å². The smallest absolute Gasteiger partial charge is 0.0881 e. The van der Waals surface area contributed by atoms with Crippen molar-refractivity contribution in [2.45, 2.75) is 19.9 Å². The van der Waals surface area contributed by atoms with E-state index in [9.17, 15) is 9.81 Å². The molecule has 6 heteroatoms. The fourth-order valence-corrected chi connectivity index (χ4v) is 0.707. The lowest BCUT2D eigenvalue weighted by Crippen LogP contribution is -2.27. The van der Waals surface area contributed by atoms with E-state index in [0.717, 1.165) is 0 Å². The van der Waals surface area contributed by atoms with Crippen molar-refractivity contribution < 1.29 is 4.84 Å². The van der Waals surface area contributed by atoms with Crippen LogP contribution < -0.4 is 5.48 Å². The van der Waals surface area contributed by atoms with Crippen molar-refractivity contribution in [3.8, 4) is 0 Å². The lowest BCUT2D eigenvalue weighted by molar-refractivity contribution is 0.00516. The van der Waals surface area contributed by atoms with Gasteiger partial charge < -0.3 is 4.84 Å². The second-order valence-corrected chi connectivity index (χ2v) is 3.07. The van der Waals surface area contributed by atoms with Crippen molar-refractivity contribution in [1.29, 1.82) is 0 Å². The second kappa shape index (κ2) is 7.75. The predicted molar refractivity (Wildman–Crippen MR) is 49.0 cm³/mol. The molecule has 0 radical (unpaired) electrons. The number of hydrogen-bond acceptors (Lipinski definition) is 6. The van der Waals surface area contributed by atoms with Crippen LogP contribution in [0.4, 0.5) is 0 Å². The predicted octanol–water partition coefficient (Wildman–Crippen LogP) is 1.06. The standard InChI is InChI=1S/C7H15N3O3/c1-6(2)10-13-5-7(3-8-11)4-9-12/h6-7,10H,3-5H2,1-2H3. The van der Waals surface area contributed by atoms with E-state index < -0.39 is 0 Å². The zero-order chi connectivity index (χ0) is 10.1. The van der Waals surface area contributed by atoms with Gasteiger partial charge in [0.05, 0.1) is 19.7 Å². The Morgan fingerprint density at radius 2 is 1.77 bits per heavy atom. The van der Waals surface area contributed by atoms with Crippen molar-refractivity contribution in [3.05, 3.63) is 9.81 Å². The molecule has 0 atom stereocenters. The van der Waals surface area contributed by atoms with Gasteiger partial charge in [0.25, 0.3) is 0 Å². The summed E-state index contributed by atoms with van der Waals surface area (Å²) >= 11 is 0. The third kappa shape index (κ3) is 7.48. The molecule has 0 unspecified atom stereocenters. The van der Waals surface area contributed by atoms with Gasteiger partial charge in [-0.15, -0.1) is 0 Å². The molecule has 0 spiro atoms. The molecular weight excluding hydrogens is 174 g/mol. The Hall–Kier alpha value is -0.880. The average Bonchev–Trinajstić information content (AvgIpc) is 2.04. The Morgan fingerprint density at radius 3 is 2.15 bits per heavy atom. The van der Waals surface area contributed by atoms with Gasteiger partial charge in [-0.25, -0.2) is 5.48 Å². The Balaban J connectivity index is 3.55. The maximum atomic E-state index is 9.92. The Bertz CT molecular complexity index is 142. The van der Waals surface area contributed by atoms with Gasteiger partial charge in [0.15, 0.2) is 0 Å².